The Morgan fingerprint density at radius 1 is 1.40 bits per heavy atom. The predicted molar refractivity (Wildman–Crippen MR) is 150 cm³/mol. The molecule has 0 aliphatic carbocycles. The summed E-state index contributed by atoms with van der Waals surface area (Å²) in [5, 5.41) is 21.5. The van der Waals surface area contributed by atoms with Gasteiger partial charge in [-0.3, -0.25) is 19.1 Å². The minimum Gasteiger partial charge on any atom is -0.424 e. The molecule has 3 aromatic rings. The molecule has 17 heteroatoms. The Balaban J connectivity index is 1.66. The molecule has 230 valence electrons. The third-order valence-electron chi connectivity index (χ3n) is 7.01. The van der Waals surface area contributed by atoms with Gasteiger partial charge in [0.2, 0.25) is 17.2 Å². The number of Topliss-reactive ketones (excluding diaryl/α,β-unsaturated/α-hetero) is 2. The zero-order valence-corrected chi connectivity index (χ0v) is 25.0. The van der Waals surface area contributed by atoms with Crippen molar-refractivity contribution in [1.29, 1.82) is 5.26 Å². The van der Waals surface area contributed by atoms with Crippen LogP contribution >= 0.6 is 19.2 Å². The fourth-order valence-corrected chi connectivity index (χ4v) is 6.84. The normalized spacial score (nSPS) is 25.6. The first-order valence-corrected chi connectivity index (χ1v) is 15.1. The lowest BCUT2D eigenvalue weighted by atomic mass is 9.93. The number of nitrogens with two attached hydrogens (primary N) is 1. The van der Waals surface area contributed by atoms with Gasteiger partial charge in [-0.2, -0.15) is 5.26 Å². The van der Waals surface area contributed by atoms with E-state index in [2.05, 4.69) is 15.1 Å². The number of benzene rings is 1. The number of carbonyl (C=O) groups excluding carboxylic acids is 2. The quantitative estimate of drug-likeness (QED) is 0.193. The van der Waals surface area contributed by atoms with E-state index in [0.29, 0.717) is 5.56 Å². The van der Waals surface area contributed by atoms with E-state index in [4.69, 9.17) is 31.1 Å². The second-order valence-electron chi connectivity index (χ2n) is 10.2. The van der Waals surface area contributed by atoms with Gasteiger partial charge >= 0.3 is 7.60 Å². The van der Waals surface area contributed by atoms with Gasteiger partial charge in [0, 0.05) is 12.3 Å². The lowest BCUT2D eigenvalue weighted by Gasteiger charge is -2.28. The summed E-state index contributed by atoms with van der Waals surface area (Å²) in [6.07, 6.45) is -2.94. The zero-order chi connectivity index (χ0) is 31.7. The number of halogens is 2. The number of aliphatic hydroxyl groups excluding tert-OH is 1. The molecule has 1 aliphatic rings. The SMILES string of the molecule is CC(=O)CCc1ccccc1OP(=O)(C[C@@H](C)C(C)=O)OC[C@H]1O[C@@](C#N)(c2cnc3c(=O)[nH]c(N)nn23)[C@@](F)(Cl)C1O. The maximum absolute atomic E-state index is 16.1. The average molecular weight is 639 g/mol. The number of rotatable bonds is 12. The number of para-hydroxylation sites is 1. The van der Waals surface area contributed by atoms with E-state index in [0.717, 1.165) is 10.7 Å². The Morgan fingerprint density at radius 3 is 2.74 bits per heavy atom. The van der Waals surface area contributed by atoms with Crippen LogP contribution in [-0.2, 0) is 35.4 Å². The van der Waals surface area contributed by atoms with Crippen LogP contribution in [0, 0.1) is 17.2 Å². The van der Waals surface area contributed by atoms with E-state index >= 15 is 4.39 Å². The topological polar surface area (TPSA) is 212 Å². The number of ketones is 2. The fourth-order valence-electron chi connectivity index (χ4n) is 4.50. The van der Waals surface area contributed by atoms with Crippen molar-refractivity contribution < 1.29 is 37.4 Å². The summed E-state index contributed by atoms with van der Waals surface area (Å²) in [5.74, 6) is -1.42. The Morgan fingerprint density at radius 2 is 2.09 bits per heavy atom. The van der Waals surface area contributed by atoms with Crippen molar-refractivity contribution in [3.05, 3.63) is 52.1 Å². The first kappa shape index (κ1) is 32.2. The maximum Gasteiger partial charge on any atom is 0.380 e. The van der Waals surface area contributed by atoms with Gasteiger partial charge in [0.25, 0.3) is 10.7 Å². The number of carbonyl (C=O) groups is 2. The number of H-pyrrole nitrogens is 1. The summed E-state index contributed by atoms with van der Waals surface area (Å²) < 4.78 is 48.1. The van der Waals surface area contributed by atoms with Gasteiger partial charge < -0.3 is 24.9 Å². The van der Waals surface area contributed by atoms with Crippen LogP contribution in [0.3, 0.4) is 0 Å². The third-order valence-corrected chi connectivity index (χ3v) is 9.52. The van der Waals surface area contributed by atoms with E-state index in [1.165, 1.54) is 26.8 Å². The van der Waals surface area contributed by atoms with Gasteiger partial charge in [0.1, 0.15) is 41.3 Å². The number of nitrogens with one attached hydrogen (secondary N) is 1. The molecule has 14 nitrogen and oxygen atoms in total. The molecule has 1 saturated heterocycles. The number of ether oxygens (including phenoxy) is 1. The molecule has 2 unspecified atom stereocenters. The highest BCUT2D eigenvalue weighted by Crippen LogP contribution is 2.55. The smallest absolute Gasteiger partial charge is 0.380 e. The molecule has 2 aromatic heterocycles. The molecule has 43 heavy (non-hydrogen) atoms. The number of aliphatic hydroxyl groups is 1. The van der Waals surface area contributed by atoms with Crippen molar-refractivity contribution in [1.82, 2.24) is 19.6 Å². The van der Waals surface area contributed by atoms with Crippen molar-refractivity contribution in [2.45, 2.75) is 56.5 Å². The van der Waals surface area contributed by atoms with Gasteiger partial charge in [-0.25, -0.2) is 18.5 Å². The maximum atomic E-state index is 16.1. The standard InChI is InChI=1S/C26H29ClFN6O8P/c1-14(16(3)36)12-43(39,42-18-7-5-4-6-17(18)9-8-15(2)35)40-11-19-21(37)26(27,28)25(13-29,41-19)20-10-31-22-23(38)32-24(30)33-34(20)22/h4-7,10,14,19,21,37H,8-9,11-12H2,1-3H3,(H3,30,32,33,38)/t14-,19-,21?,25+,26-,43?/m1/s1. The van der Waals surface area contributed by atoms with E-state index in [1.54, 1.807) is 24.3 Å². The zero-order valence-electron chi connectivity index (χ0n) is 23.3. The number of anilines is 1. The van der Waals surface area contributed by atoms with Crippen molar-refractivity contribution >= 4 is 42.4 Å². The molecule has 1 fully saturated rings. The molecule has 4 N–H and O–H groups in total. The lowest BCUT2D eigenvalue weighted by molar-refractivity contribution is -0.120. The number of hydrogen-bond donors (Lipinski definition) is 3. The number of nitriles is 1. The largest absolute Gasteiger partial charge is 0.424 e. The van der Waals surface area contributed by atoms with Crippen LogP contribution in [-0.4, -0.2) is 66.4 Å². The molecule has 0 amide bonds. The number of aromatic amines is 1. The van der Waals surface area contributed by atoms with Crippen LogP contribution in [0.25, 0.3) is 5.65 Å². The average Bonchev–Trinajstić information content (AvgIpc) is 3.44. The lowest BCUT2D eigenvalue weighted by Crippen LogP contribution is -2.46. The minimum atomic E-state index is -4.25. The highest BCUT2D eigenvalue weighted by molar-refractivity contribution is 7.54. The molecular weight excluding hydrogens is 610 g/mol. The first-order chi connectivity index (χ1) is 20.1. The number of alkyl halides is 2. The summed E-state index contributed by atoms with van der Waals surface area (Å²) >= 11 is 6.12. The molecule has 6 atom stereocenters. The fraction of sp³-hybridized carbons (Fsp3) is 0.462. The van der Waals surface area contributed by atoms with Crippen LogP contribution in [0.5, 0.6) is 5.75 Å². The van der Waals surface area contributed by atoms with Gasteiger partial charge in [-0.1, -0.05) is 36.7 Å². The molecule has 0 saturated carbocycles. The second-order valence-corrected chi connectivity index (χ2v) is 12.8. The van der Waals surface area contributed by atoms with Crippen LogP contribution in [0.2, 0.25) is 0 Å². The van der Waals surface area contributed by atoms with E-state index in [1.807, 2.05) is 0 Å². The summed E-state index contributed by atoms with van der Waals surface area (Å²) in [4.78, 5) is 41.9. The summed E-state index contributed by atoms with van der Waals surface area (Å²) in [7, 11) is -4.25. The number of imidazole rings is 1. The monoisotopic (exact) mass is 638 g/mol. The van der Waals surface area contributed by atoms with Crippen LogP contribution < -0.4 is 15.8 Å². The highest BCUT2D eigenvalue weighted by atomic mass is 35.5. The summed E-state index contributed by atoms with van der Waals surface area (Å²) in [6, 6.07) is 8.11. The van der Waals surface area contributed by atoms with Crippen LogP contribution in [0.4, 0.5) is 10.3 Å². The molecule has 0 spiro atoms. The molecular formula is C26H29ClFN6O8P. The number of aromatic nitrogens is 4. The van der Waals surface area contributed by atoms with Gasteiger partial charge in [-0.15, -0.1) is 5.10 Å². The summed E-state index contributed by atoms with van der Waals surface area (Å²) in [6.45, 7) is 3.44. The van der Waals surface area contributed by atoms with E-state index < -0.39 is 60.5 Å². The van der Waals surface area contributed by atoms with Gasteiger partial charge in [0.05, 0.1) is 19.0 Å². The second kappa shape index (κ2) is 12.1. The number of nitrogen functional groups attached to an aromatic ring is 1. The first-order valence-electron chi connectivity index (χ1n) is 13.0. The molecule has 3 heterocycles. The van der Waals surface area contributed by atoms with E-state index in [-0.39, 0.29) is 41.8 Å². The Hall–Kier alpha value is -3.67. The molecule has 0 bridgehead atoms. The number of aryl methyl sites for hydroxylation is 1. The third kappa shape index (κ3) is 6.20. The molecule has 4 rings (SSSR count). The molecule has 1 aromatic carbocycles. The number of hydrogen-bond acceptors (Lipinski definition) is 12. The van der Waals surface area contributed by atoms with Crippen molar-refractivity contribution in [2.24, 2.45) is 5.92 Å². The Kier molecular flexibility index (Phi) is 9.10. The molecule has 1 aliphatic heterocycles. The van der Waals surface area contributed by atoms with Crippen molar-refractivity contribution in [3.63, 3.8) is 0 Å². The summed E-state index contributed by atoms with van der Waals surface area (Å²) in [5.41, 5.74) is 1.76. The van der Waals surface area contributed by atoms with Crippen molar-refractivity contribution in [3.8, 4) is 11.8 Å². The Labute approximate surface area is 249 Å². The van der Waals surface area contributed by atoms with Gasteiger partial charge in [0.15, 0.2) is 0 Å². The predicted octanol–water partition coefficient (Wildman–Crippen LogP) is 2.42. The number of nitrogens with zero attached hydrogens (tertiary/aromatic N) is 4. The Bertz CT molecular complexity index is 1710. The van der Waals surface area contributed by atoms with Gasteiger partial charge in [-0.05, 0) is 31.9 Å². The molecule has 0 radical (unpaired) electrons. The van der Waals surface area contributed by atoms with E-state index in [9.17, 15) is 29.3 Å². The minimum absolute atomic E-state index is 0.0722. The highest BCUT2D eigenvalue weighted by Gasteiger charge is 2.69. The van der Waals surface area contributed by atoms with Crippen molar-refractivity contribution in [2.75, 3.05) is 18.5 Å². The number of fused-ring (bicyclic) bond motifs is 1. The van der Waals surface area contributed by atoms with Crippen LogP contribution in [0.1, 0.15) is 38.4 Å². The van der Waals surface area contributed by atoms with Crippen LogP contribution in [0.15, 0.2) is 35.3 Å².